The molecule has 0 aliphatic heterocycles. The Kier molecular flexibility index (Phi) is 4.75. The average Bonchev–Trinajstić information content (AvgIpc) is 2.35. The fraction of sp³-hybridized carbons (Fsp3) is 0.455. The highest BCUT2D eigenvalue weighted by molar-refractivity contribution is 7.92. The van der Waals surface area contributed by atoms with Gasteiger partial charge < -0.3 is 18.9 Å². The highest BCUT2D eigenvalue weighted by Gasteiger charge is 2.44. The number of primary sulfonamides is 1. The smallest absolute Gasteiger partial charge is 0.287 e. The summed E-state index contributed by atoms with van der Waals surface area (Å²) < 4.78 is 43.1. The van der Waals surface area contributed by atoms with Crippen molar-refractivity contribution in [3.63, 3.8) is 0 Å². The highest BCUT2D eigenvalue weighted by atomic mass is 32.2. The van der Waals surface area contributed by atoms with Crippen LogP contribution in [0.1, 0.15) is 0 Å². The van der Waals surface area contributed by atoms with Crippen molar-refractivity contribution in [2.45, 2.75) is 5.79 Å². The Morgan fingerprint density at radius 2 is 1.47 bits per heavy atom. The SMILES string of the molecule is COC1=CC(=CS(N)(=O)=O)C=C(OC)C1(OC)OC. The summed E-state index contributed by atoms with van der Waals surface area (Å²) in [4.78, 5) is 0. The van der Waals surface area contributed by atoms with Crippen molar-refractivity contribution in [2.24, 2.45) is 5.14 Å². The molecular weight excluding hydrogens is 274 g/mol. The predicted octanol–water partition coefficient (Wildman–Crippen LogP) is 0.222. The molecule has 0 saturated heterocycles. The van der Waals surface area contributed by atoms with E-state index in [4.69, 9.17) is 24.1 Å². The molecule has 0 unspecified atom stereocenters. The Morgan fingerprint density at radius 3 is 1.74 bits per heavy atom. The third kappa shape index (κ3) is 3.16. The summed E-state index contributed by atoms with van der Waals surface area (Å²) in [5, 5.41) is 5.86. The minimum Gasteiger partial charge on any atom is -0.495 e. The molecule has 0 bridgehead atoms. The molecule has 2 N–H and O–H groups in total. The first-order chi connectivity index (χ1) is 8.82. The van der Waals surface area contributed by atoms with Crippen molar-refractivity contribution < 1.29 is 27.4 Å². The molecule has 0 fully saturated rings. The van der Waals surface area contributed by atoms with Gasteiger partial charge in [0.25, 0.3) is 5.79 Å². The van der Waals surface area contributed by atoms with Gasteiger partial charge in [0, 0.05) is 14.2 Å². The summed E-state index contributed by atoms with van der Waals surface area (Å²) in [6.45, 7) is 0. The van der Waals surface area contributed by atoms with Crippen LogP contribution in [-0.2, 0) is 29.0 Å². The maximum absolute atomic E-state index is 11.1. The molecule has 0 aromatic heterocycles. The molecule has 8 heteroatoms. The van der Waals surface area contributed by atoms with Gasteiger partial charge in [0.1, 0.15) is 0 Å². The molecule has 0 saturated carbocycles. The molecule has 0 amide bonds. The molecule has 108 valence electrons. The van der Waals surface area contributed by atoms with Gasteiger partial charge in [-0.05, 0) is 17.7 Å². The Bertz CT molecular complexity index is 501. The Hall–Kier alpha value is -1.35. The zero-order valence-electron chi connectivity index (χ0n) is 11.2. The summed E-state index contributed by atoms with van der Waals surface area (Å²) in [5.41, 5.74) is 0.293. The lowest BCUT2D eigenvalue weighted by molar-refractivity contribution is -0.195. The van der Waals surface area contributed by atoms with Gasteiger partial charge in [-0.25, -0.2) is 13.6 Å². The number of ether oxygens (including phenoxy) is 4. The number of sulfonamides is 1. The van der Waals surface area contributed by atoms with E-state index in [1.165, 1.54) is 40.6 Å². The van der Waals surface area contributed by atoms with Gasteiger partial charge in [-0.1, -0.05) is 0 Å². The first-order valence-electron chi connectivity index (χ1n) is 5.20. The van der Waals surface area contributed by atoms with Crippen LogP contribution in [0.5, 0.6) is 0 Å². The van der Waals surface area contributed by atoms with Crippen LogP contribution in [0.4, 0.5) is 0 Å². The van der Waals surface area contributed by atoms with Gasteiger partial charge in [0.15, 0.2) is 11.5 Å². The predicted molar refractivity (Wildman–Crippen MR) is 68.1 cm³/mol. The van der Waals surface area contributed by atoms with Crippen LogP contribution in [0, 0.1) is 0 Å². The van der Waals surface area contributed by atoms with Gasteiger partial charge in [-0.2, -0.15) is 0 Å². The van der Waals surface area contributed by atoms with E-state index < -0.39 is 15.8 Å². The van der Waals surface area contributed by atoms with Crippen LogP contribution in [0.25, 0.3) is 0 Å². The number of allylic oxidation sites excluding steroid dienone is 3. The lowest BCUT2D eigenvalue weighted by Gasteiger charge is -2.35. The van der Waals surface area contributed by atoms with Gasteiger partial charge >= 0.3 is 0 Å². The van der Waals surface area contributed by atoms with Crippen LogP contribution in [-0.4, -0.2) is 42.6 Å². The van der Waals surface area contributed by atoms with Crippen LogP contribution >= 0.6 is 0 Å². The first kappa shape index (κ1) is 15.7. The molecule has 1 aliphatic rings. The standard InChI is InChI=1S/C11H17NO6S/c1-15-9-5-8(7-19(12,13)14)6-10(16-2)11(9,17-3)18-4/h5-7H,1-4H3,(H2,12,13,14). The van der Waals surface area contributed by atoms with E-state index in [1.54, 1.807) is 0 Å². The lowest BCUT2D eigenvalue weighted by atomic mass is 10.0. The molecule has 7 nitrogen and oxygen atoms in total. The van der Waals surface area contributed by atoms with Gasteiger partial charge in [-0.15, -0.1) is 0 Å². The summed E-state index contributed by atoms with van der Waals surface area (Å²) >= 11 is 0. The molecule has 0 aromatic rings. The summed E-state index contributed by atoms with van der Waals surface area (Å²) in [5.74, 6) is -0.863. The van der Waals surface area contributed by atoms with E-state index in [0.29, 0.717) is 5.57 Å². The monoisotopic (exact) mass is 291 g/mol. The van der Waals surface area contributed by atoms with E-state index in [2.05, 4.69) is 0 Å². The fourth-order valence-corrected chi connectivity index (χ4v) is 2.30. The molecule has 0 aromatic carbocycles. The Balaban J connectivity index is 3.42. The van der Waals surface area contributed by atoms with Crippen LogP contribution < -0.4 is 5.14 Å². The normalized spacial score (nSPS) is 18.5. The number of hydrogen-bond donors (Lipinski definition) is 1. The summed E-state index contributed by atoms with van der Waals surface area (Å²) in [6.07, 6.45) is 2.89. The zero-order valence-corrected chi connectivity index (χ0v) is 12.0. The van der Waals surface area contributed by atoms with Crippen LogP contribution in [0.3, 0.4) is 0 Å². The molecule has 0 radical (unpaired) electrons. The number of methoxy groups -OCH3 is 4. The maximum atomic E-state index is 11.1. The number of hydrogen-bond acceptors (Lipinski definition) is 6. The van der Waals surface area contributed by atoms with Crippen LogP contribution in [0.15, 0.2) is 34.7 Å². The summed E-state index contributed by atoms with van der Waals surface area (Å²) in [7, 11) is 1.86. The second-order valence-corrected chi connectivity index (χ2v) is 5.07. The highest BCUT2D eigenvalue weighted by Crippen LogP contribution is 2.36. The topological polar surface area (TPSA) is 97.1 Å². The molecule has 0 spiro atoms. The Morgan fingerprint density at radius 1 is 1.05 bits per heavy atom. The third-order valence-corrected chi connectivity index (χ3v) is 3.16. The largest absolute Gasteiger partial charge is 0.495 e. The van der Waals surface area contributed by atoms with Gasteiger partial charge in [-0.3, -0.25) is 0 Å². The third-order valence-electron chi connectivity index (χ3n) is 2.56. The minimum absolute atomic E-state index is 0.242. The van der Waals surface area contributed by atoms with Gasteiger partial charge in [0.05, 0.1) is 19.6 Å². The van der Waals surface area contributed by atoms with E-state index in [0.717, 1.165) is 5.41 Å². The van der Waals surface area contributed by atoms with E-state index >= 15 is 0 Å². The maximum Gasteiger partial charge on any atom is 0.287 e. The van der Waals surface area contributed by atoms with Crippen molar-refractivity contribution in [1.82, 2.24) is 0 Å². The average molecular weight is 291 g/mol. The molecule has 1 aliphatic carbocycles. The molecule has 19 heavy (non-hydrogen) atoms. The molecule has 0 atom stereocenters. The molecular formula is C11H17NO6S. The van der Waals surface area contributed by atoms with E-state index in [-0.39, 0.29) is 11.5 Å². The first-order valence-corrected chi connectivity index (χ1v) is 6.81. The quantitative estimate of drug-likeness (QED) is 0.728. The second kappa shape index (κ2) is 5.74. The summed E-state index contributed by atoms with van der Waals surface area (Å²) in [6, 6.07) is 0. The zero-order chi connectivity index (χ0) is 14.7. The number of nitrogens with two attached hydrogens (primary N) is 1. The fourth-order valence-electron chi connectivity index (χ4n) is 1.79. The number of rotatable bonds is 5. The van der Waals surface area contributed by atoms with Crippen molar-refractivity contribution in [3.05, 3.63) is 34.7 Å². The second-order valence-electron chi connectivity index (χ2n) is 3.66. The van der Waals surface area contributed by atoms with Crippen molar-refractivity contribution in [1.29, 1.82) is 0 Å². The van der Waals surface area contributed by atoms with E-state index in [1.807, 2.05) is 0 Å². The van der Waals surface area contributed by atoms with Crippen molar-refractivity contribution in [3.8, 4) is 0 Å². The van der Waals surface area contributed by atoms with Gasteiger partial charge in [0.2, 0.25) is 10.0 Å². The molecule has 0 heterocycles. The Labute approximate surface area is 112 Å². The van der Waals surface area contributed by atoms with Crippen LogP contribution in [0.2, 0.25) is 0 Å². The van der Waals surface area contributed by atoms with Crippen molar-refractivity contribution in [2.75, 3.05) is 28.4 Å². The minimum atomic E-state index is -3.78. The van der Waals surface area contributed by atoms with E-state index in [9.17, 15) is 8.42 Å². The lowest BCUT2D eigenvalue weighted by Crippen LogP contribution is -2.41. The van der Waals surface area contributed by atoms with Crippen molar-refractivity contribution >= 4 is 10.0 Å². The molecule has 1 rings (SSSR count).